The van der Waals surface area contributed by atoms with Gasteiger partial charge in [-0.05, 0) is 39.3 Å². The topological polar surface area (TPSA) is 58.7 Å². The summed E-state index contributed by atoms with van der Waals surface area (Å²) in [6.07, 6.45) is 2.76. The molecule has 1 aromatic rings. The van der Waals surface area contributed by atoms with Crippen molar-refractivity contribution in [2.45, 2.75) is 63.0 Å². The average molecular weight is 311 g/mol. The number of hydrogen-bond donors (Lipinski definition) is 1. The molecule has 1 aliphatic heterocycles. The van der Waals surface area contributed by atoms with E-state index in [1.165, 1.54) is 0 Å². The van der Waals surface area contributed by atoms with Crippen LogP contribution in [0.25, 0.3) is 0 Å². The van der Waals surface area contributed by atoms with Crippen LogP contribution in [0.15, 0.2) is 29.2 Å². The van der Waals surface area contributed by atoms with Crippen LogP contribution in [0.5, 0.6) is 0 Å². The summed E-state index contributed by atoms with van der Waals surface area (Å²) in [6, 6.07) is 6.92. The lowest BCUT2D eigenvalue weighted by atomic mass is 9.84. The van der Waals surface area contributed by atoms with Gasteiger partial charge in [0.15, 0.2) is 0 Å². The Morgan fingerprint density at radius 2 is 1.90 bits per heavy atom. The maximum atomic E-state index is 12.6. The van der Waals surface area contributed by atoms with Crippen molar-refractivity contribution in [3.8, 4) is 0 Å². The summed E-state index contributed by atoms with van der Waals surface area (Å²) in [7, 11) is -3.54. The summed E-state index contributed by atoms with van der Waals surface area (Å²) in [5, 5.41) is 0. The van der Waals surface area contributed by atoms with Crippen molar-refractivity contribution < 1.29 is 13.2 Å². The summed E-state index contributed by atoms with van der Waals surface area (Å²) in [5.41, 5.74) is 0.0623. The van der Waals surface area contributed by atoms with Crippen LogP contribution in [0.4, 0.5) is 0 Å². The lowest BCUT2D eigenvalue weighted by Crippen LogP contribution is -2.55. The van der Waals surface area contributed by atoms with E-state index in [0.29, 0.717) is 11.5 Å². The van der Waals surface area contributed by atoms with Crippen molar-refractivity contribution >= 4 is 10.0 Å². The molecule has 2 rings (SSSR count). The van der Waals surface area contributed by atoms with E-state index in [9.17, 15) is 8.42 Å². The Kier molecular flexibility index (Phi) is 4.47. The van der Waals surface area contributed by atoms with Crippen molar-refractivity contribution in [2.75, 3.05) is 6.61 Å². The quantitative estimate of drug-likeness (QED) is 0.788. The van der Waals surface area contributed by atoms with E-state index < -0.39 is 21.2 Å². The number of sulfonamides is 1. The van der Waals surface area contributed by atoms with Gasteiger partial charge in [-0.1, -0.05) is 37.5 Å². The van der Waals surface area contributed by atoms with Gasteiger partial charge in [-0.25, -0.2) is 13.1 Å². The van der Waals surface area contributed by atoms with E-state index in [0.717, 1.165) is 24.8 Å². The Morgan fingerprint density at radius 3 is 2.38 bits per heavy atom. The zero-order valence-corrected chi connectivity index (χ0v) is 14.1. The van der Waals surface area contributed by atoms with E-state index in [1.54, 1.807) is 12.1 Å². The highest BCUT2D eigenvalue weighted by atomic mass is 32.2. The van der Waals surface area contributed by atoms with E-state index in [1.807, 2.05) is 32.9 Å². The van der Waals surface area contributed by atoms with Crippen molar-refractivity contribution in [3.05, 3.63) is 29.8 Å². The molecule has 0 unspecified atom stereocenters. The van der Waals surface area contributed by atoms with Gasteiger partial charge in [0.1, 0.15) is 5.60 Å². The van der Waals surface area contributed by atoms with Crippen LogP contribution in [0.1, 0.15) is 45.6 Å². The molecule has 4 nitrogen and oxygen atoms in total. The molecule has 0 saturated carbocycles. The number of aryl methyl sites for hydroxylation is 1. The second-order valence-corrected chi connectivity index (χ2v) is 8.06. The largest absolute Gasteiger partial charge is 0.368 e. The lowest BCUT2D eigenvalue weighted by Gasteiger charge is -2.34. The van der Waals surface area contributed by atoms with Crippen LogP contribution >= 0.6 is 0 Å². The molecule has 1 saturated heterocycles. The van der Waals surface area contributed by atoms with Crippen molar-refractivity contribution in [1.82, 2.24) is 4.72 Å². The minimum absolute atomic E-state index is 0.306. The van der Waals surface area contributed by atoms with Gasteiger partial charge in [0.2, 0.25) is 10.0 Å². The standard InChI is InChI=1S/C16H25NO3S/c1-5-6-11-15(3,16(4)12-20-16)17-21(18,19)14-9-7-13(2)8-10-14/h7-10,17H,5-6,11-12H2,1-4H3/t15-,16-/m0/s1. The molecule has 1 aliphatic rings. The molecule has 0 radical (unpaired) electrons. The van der Waals surface area contributed by atoms with E-state index in [-0.39, 0.29) is 0 Å². The molecular weight excluding hydrogens is 286 g/mol. The van der Waals surface area contributed by atoms with Gasteiger partial charge in [0.05, 0.1) is 17.0 Å². The van der Waals surface area contributed by atoms with Crippen LogP contribution in [0.2, 0.25) is 0 Å². The SMILES string of the molecule is CCCC[C@](C)(NS(=O)(=O)c1ccc(C)cc1)[C@]1(C)CO1. The highest BCUT2D eigenvalue weighted by Gasteiger charge is 2.56. The summed E-state index contributed by atoms with van der Waals surface area (Å²) in [5.74, 6) is 0. The number of nitrogens with one attached hydrogen (secondary N) is 1. The molecule has 0 amide bonds. The number of ether oxygens (including phenoxy) is 1. The average Bonchev–Trinajstić information content (AvgIpc) is 3.16. The number of epoxide rings is 1. The molecule has 1 heterocycles. The lowest BCUT2D eigenvalue weighted by molar-refractivity contribution is 0.182. The van der Waals surface area contributed by atoms with E-state index in [4.69, 9.17) is 4.74 Å². The third-order valence-electron chi connectivity index (χ3n) is 4.47. The molecule has 0 aromatic heterocycles. The minimum atomic E-state index is -3.54. The summed E-state index contributed by atoms with van der Waals surface area (Å²) in [4.78, 5) is 0.306. The maximum Gasteiger partial charge on any atom is 0.241 e. The van der Waals surface area contributed by atoms with Gasteiger partial charge in [0, 0.05) is 0 Å². The zero-order chi connectivity index (χ0) is 15.7. The predicted octanol–water partition coefficient (Wildman–Crippen LogP) is 3.01. The second-order valence-electron chi connectivity index (χ2n) is 6.37. The molecule has 0 spiro atoms. The highest BCUT2D eigenvalue weighted by molar-refractivity contribution is 7.89. The molecular formula is C16H25NO3S. The number of unbranched alkanes of at least 4 members (excludes halogenated alkanes) is 1. The van der Waals surface area contributed by atoms with Gasteiger partial charge < -0.3 is 4.74 Å². The fourth-order valence-corrected chi connectivity index (χ4v) is 3.98. The van der Waals surface area contributed by atoms with Gasteiger partial charge in [-0.3, -0.25) is 0 Å². The Labute approximate surface area is 127 Å². The molecule has 0 bridgehead atoms. The Morgan fingerprint density at radius 1 is 1.33 bits per heavy atom. The molecule has 21 heavy (non-hydrogen) atoms. The van der Waals surface area contributed by atoms with Gasteiger partial charge in [0.25, 0.3) is 0 Å². The van der Waals surface area contributed by atoms with Crippen LogP contribution in [0, 0.1) is 6.92 Å². The molecule has 118 valence electrons. The zero-order valence-electron chi connectivity index (χ0n) is 13.3. The number of benzene rings is 1. The number of hydrogen-bond acceptors (Lipinski definition) is 3. The summed E-state index contributed by atoms with van der Waals surface area (Å²) in [6.45, 7) is 8.56. The van der Waals surface area contributed by atoms with E-state index >= 15 is 0 Å². The summed E-state index contributed by atoms with van der Waals surface area (Å²) >= 11 is 0. The number of rotatable bonds is 7. The van der Waals surface area contributed by atoms with Crippen molar-refractivity contribution in [2.24, 2.45) is 0 Å². The molecule has 1 N–H and O–H groups in total. The van der Waals surface area contributed by atoms with Crippen molar-refractivity contribution in [1.29, 1.82) is 0 Å². The Hall–Kier alpha value is -0.910. The first-order chi connectivity index (χ1) is 9.72. The molecule has 1 fully saturated rings. The van der Waals surface area contributed by atoms with E-state index in [2.05, 4.69) is 11.6 Å². The second kappa shape index (κ2) is 5.71. The molecule has 0 aliphatic carbocycles. The van der Waals surface area contributed by atoms with Crippen LogP contribution in [-0.2, 0) is 14.8 Å². The van der Waals surface area contributed by atoms with Gasteiger partial charge in [-0.15, -0.1) is 0 Å². The normalized spacial score (nSPS) is 24.6. The van der Waals surface area contributed by atoms with Gasteiger partial charge in [-0.2, -0.15) is 0 Å². The molecule has 2 atom stereocenters. The Bertz CT molecular complexity index is 590. The Balaban J connectivity index is 2.25. The first kappa shape index (κ1) is 16.5. The highest BCUT2D eigenvalue weighted by Crippen LogP contribution is 2.41. The van der Waals surface area contributed by atoms with Crippen LogP contribution in [-0.4, -0.2) is 26.2 Å². The van der Waals surface area contributed by atoms with Gasteiger partial charge >= 0.3 is 0 Å². The molecule has 5 heteroatoms. The third kappa shape index (κ3) is 3.47. The first-order valence-corrected chi connectivity index (χ1v) is 8.95. The smallest absolute Gasteiger partial charge is 0.241 e. The fraction of sp³-hybridized carbons (Fsp3) is 0.625. The molecule has 1 aromatic carbocycles. The van der Waals surface area contributed by atoms with Crippen LogP contribution in [0.3, 0.4) is 0 Å². The minimum Gasteiger partial charge on any atom is -0.368 e. The fourth-order valence-electron chi connectivity index (χ4n) is 2.45. The first-order valence-electron chi connectivity index (χ1n) is 7.47. The predicted molar refractivity (Wildman–Crippen MR) is 83.8 cm³/mol. The summed E-state index contributed by atoms with van der Waals surface area (Å²) < 4.78 is 33.7. The third-order valence-corrected chi connectivity index (χ3v) is 6.08. The van der Waals surface area contributed by atoms with Crippen molar-refractivity contribution in [3.63, 3.8) is 0 Å². The maximum absolute atomic E-state index is 12.6. The monoisotopic (exact) mass is 311 g/mol. The van der Waals surface area contributed by atoms with Crippen LogP contribution < -0.4 is 4.72 Å².